The lowest BCUT2D eigenvalue weighted by Gasteiger charge is -2.20. The fourth-order valence-corrected chi connectivity index (χ4v) is 4.74. The molecule has 3 aromatic carbocycles. The Labute approximate surface area is 164 Å². The van der Waals surface area contributed by atoms with Gasteiger partial charge in [-0.25, -0.2) is 8.42 Å². The van der Waals surface area contributed by atoms with Gasteiger partial charge < -0.3 is 10.3 Å². The molecule has 0 unspecified atom stereocenters. The predicted octanol–water partition coefficient (Wildman–Crippen LogP) is 4.33. The van der Waals surface area contributed by atoms with Crippen LogP contribution in [0.4, 0.5) is 5.69 Å². The van der Waals surface area contributed by atoms with Gasteiger partial charge in [-0.15, -0.1) is 0 Å². The molecule has 0 amide bonds. The molecule has 0 bridgehead atoms. The SMILES string of the molecule is CC(C)(N)Cn1ccc2ccc(NS(=O)(=O)c3cccc4ccccc34)cc21. The highest BCUT2D eigenvalue weighted by Crippen LogP contribution is 2.27. The minimum Gasteiger partial charge on any atom is -0.346 e. The zero-order valence-electron chi connectivity index (χ0n) is 15.9. The van der Waals surface area contributed by atoms with E-state index in [-0.39, 0.29) is 10.4 Å². The Bertz CT molecular complexity index is 1260. The van der Waals surface area contributed by atoms with Crippen molar-refractivity contribution < 1.29 is 8.42 Å². The fourth-order valence-electron chi connectivity index (χ4n) is 3.46. The summed E-state index contributed by atoms with van der Waals surface area (Å²) in [5.74, 6) is 0. The first kappa shape index (κ1) is 18.5. The summed E-state index contributed by atoms with van der Waals surface area (Å²) >= 11 is 0. The number of nitrogens with two attached hydrogens (primary N) is 1. The van der Waals surface area contributed by atoms with Crippen molar-refractivity contribution in [2.24, 2.45) is 5.73 Å². The minimum absolute atomic E-state index is 0.268. The number of rotatable bonds is 5. The van der Waals surface area contributed by atoms with E-state index in [1.165, 1.54) is 0 Å². The van der Waals surface area contributed by atoms with Gasteiger partial charge in [0.15, 0.2) is 0 Å². The summed E-state index contributed by atoms with van der Waals surface area (Å²) in [6, 6.07) is 20.3. The number of hydrogen-bond donors (Lipinski definition) is 2. The van der Waals surface area contributed by atoms with Gasteiger partial charge in [0.25, 0.3) is 10.0 Å². The molecule has 4 rings (SSSR count). The maximum atomic E-state index is 13.1. The molecule has 0 fully saturated rings. The zero-order valence-corrected chi connectivity index (χ0v) is 16.7. The van der Waals surface area contributed by atoms with Crippen LogP contribution < -0.4 is 10.5 Å². The molecule has 28 heavy (non-hydrogen) atoms. The Balaban J connectivity index is 1.73. The van der Waals surface area contributed by atoms with Crippen LogP contribution >= 0.6 is 0 Å². The van der Waals surface area contributed by atoms with Crippen molar-refractivity contribution in [3.63, 3.8) is 0 Å². The average Bonchev–Trinajstić information content (AvgIpc) is 3.01. The molecule has 3 N–H and O–H groups in total. The third kappa shape index (κ3) is 3.61. The number of benzene rings is 3. The lowest BCUT2D eigenvalue weighted by atomic mass is 10.1. The van der Waals surface area contributed by atoms with E-state index in [4.69, 9.17) is 5.73 Å². The summed E-state index contributed by atoms with van der Waals surface area (Å²) in [7, 11) is -3.72. The lowest BCUT2D eigenvalue weighted by Crippen LogP contribution is -2.36. The van der Waals surface area contributed by atoms with Gasteiger partial charge in [-0.05, 0) is 48.9 Å². The Morgan fingerprint density at radius 2 is 1.71 bits per heavy atom. The summed E-state index contributed by atoms with van der Waals surface area (Å²) in [5.41, 5.74) is 7.25. The van der Waals surface area contributed by atoms with E-state index < -0.39 is 10.0 Å². The second kappa shape index (κ2) is 6.65. The molecule has 5 nitrogen and oxygen atoms in total. The Morgan fingerprint density at radius 1 is 0.964 bits per heavy atom. The molecule has 0 aliphatic heterocycles. The number of aromatic nitrogens is 1. The van der Waals surface area contributed by atoms with E-state index in [2.05, 4.69) is 4.72 Å². The van der Waals surface area contributed by atoms with Crippen molar-refractivity contribution in [2.75, 3.05) is 4.72 Å². The van der Waals surface area contributed by atoms with Gasteiger partial charge in [0, 0.05) is 23.7 Å². The molecule has 0 aliphatic carbocycles. The van der Waals surface area contributed by atoms with Crippen LogP contribution in [-0.4, -0.2) is 18.5 Å². The largest absolute Gasteiger partial charge is 0.346 e. The molecule has 0 saturated heterocycles. The second-order valence-corrected chi connectivity index (χ2v) is 9.44. The van der Waals surface area contributed by atoms with E-state index in [1.54, 1.807) is 18.2 Å². The molecule has 0 radical (unpaired) electrons. The molecule has 4 aromatic rings. The third-order valence-corrected chi connectivity index (χ3v) is 6.08. The van der Waals surface area contributed by atoms with Crippen molar-refractivity contribution in [3.8, 4) is 0 Å². The summed E-state index contributed by atoms with van der Waals surface area (Å²) in [6.45, 7) is 4.56. The van der Waals surface area contributed by atoms with Gasteiger partial charge in [0.05, 0.1) is 16.1 Å². The zero-order chi connectivity index (χ0) is 19.9. The summed E-state index contributed by atoms with van der Waals surface area (Å²) in [6.07, 6.45) is 1.97. The maximum absolute atomic E-state index is 13.1. The monoisotopic (exact) mass is 393 g/mol. The molecular weight excluding hydrogens is 370 g/mol. The summed E-state index contributed by atoms with van der Waals surface area (Å²) in [4.78, 5) is 0.268. The maximum Gasteiger partial charge on any atom is 0.262 e. The van der Waals surface area contributed by atoms with Crippen LogP contribution in [0.25, 0.3) is 21.7 Å². The van der Waals surface area contributed by atoms with Gasteiger partial charge in [-0.3, -0.25) is 4.72 Å². The standard InChI is InChI=1S/C22H23N3O2S/c1-22(2,23)15-25-13-12-17-10-11-18(14-20(17)25)24-28(26,27)21-9-5-7-16-6-3-4-8-19(16)21/h3-14,24H,15,23H2,1-2H3. The van der Waals surface area contributed by atoms with E-state index in [0.717, 1.165) is 16.3 Å². The summed E-state index contributed by atoms with van der Waals surface area (Å²) in [5, 5.41) is 2.63. The molecule has 0 spiro atoms. The molecule has 144 valence electrons. The molecular formula is C22H23N3O2S. The van der Waals surface area contributed by atoms with Crippen molar-refractivity contribution in [1.82, 2.24) is 4.57 Å². The normalized spacial score (nSPS) is 12.5. The smallest absolute Gasteiger partial charge is 0.262 e. The Hall–Kier alpha value is -2.83. The number of sulfonamides is 1. The van der Waals surface area contributed by atoms with Crippen LogP contribution in [-0.2, 0) is 16.6 Å². The van der Waals surface area contributed by atoms with Crippen LogP contribution in [0.1, 0.15) is 13.8 Å². The average molecular weight is 394 g/mol. The minimum atomic E-state index is -3.72. The van der Waals surface area contributed by atoms with Crippen LogP contribution in [0.3, 0.4) is 0 Å². The van der Waals surface area contributed by atoms with Gasteiger partial charge in [-0.1, -0.05) is 42.5 Å². The van der Waals surface area contributed by atoms with Crippen LogP contribution in [0.15, 0.2) is 77.8 Å². The highest BCUT2D eigenvalue weighted by Gasteiger charge is 2.18. The molecule has 0 saturated carbocycles. The topological polar surface area (TPSA) is 77.1 Å². The Morgan fingerprint density at radius 3 is 2.50 bits per heavy atom. The molecule has 1 aromatic heterocycles. The second-order valence-electron chi connectivity index (χ2n) is 7.79. The van der Waals surface area contributed by atoms with Gasteiger partial charge in [0.2, 0.25) is 0 Å². The number of nitrogens with zero attached hydrogens (tertiary/aromatic N) is 1. The van der Waals surface area contributed by atoms with Gasteiger partial charge >= 0.3 is 0 Å². The van der Waals surface area contributed by atoms with E-state index >= 15 is 0 Å². The highest BCUT2D eigenvalue weighted by molar-refractivity contribution is 7.93. The van der Waals surface area contributed by atoms with Crippen molar-refractivity contribution in [1.29, 1.82) is 0 Å². The fraction of sp³-hybridized carbons (Fsp3) is 0.182. The van der Waals surface area contributed by atoms with E-state index in [9.17, 15) is 8.42 Å². The first-order chi connectivity index (χ1) is 13.2. The Kier molecular flexibility index (Phi) is 4.40. The van der Waals surface area contributed by atoms with Crippen LogP contribution in [0.5, 0.6) is 0 Å². The highest BCUT2D eigenvalue weighted by atomic mass is 32.2. The van der Waals surface area contributed by atoms with E-state index in [1.807, 2.05) is 73.1 Å². The number of hydrogen-bond acceptors (Lipinski definition) is 3. The van der Waals surface area contributed by atoms with Gasteiger partial charge in [0.1, 0.15) is 0 Å². The molecule has 6 heteroatoms. The molecule has 0 aliphatic rings. The predicted molar refractivity (Wildman–Crippen MR) is 115 cm³/mol. The molecule has 1 heterocycles. The lowest BCUT2D eigenvalue weighted by molar-refractivity contribution is 0.441. The first-order valence-electron chi connectivity index (χ1n) is 9.11. The van der Waals surface area contributed by atoms with Crippen molar-refractivity contribution in [2.45, 2.75) is 30.8 Å². The van der Waals surface area contributed by atoms with E-state index in [0.29, 0.717) is 17.6 Å². The quantitative estimate of drug-likeness (QED) is 0.530. The summed E-state index contributed by atoms with van der Waals surface area (Å²) < 4.78 is 30.9. The van der Waals surface area contributed by atoms with Gasteiger partial charge in [-0.2, -0.15) is 0 Å². The number of anilines is 1. The van der Waals surface area contributed by atoms with Crippen molar-refractivity contribution >= 4 is 37.4 Å². The third-order valence-electron chi connectivity index (χ3n) is 4.64. The van der Waals surface area contributed by atoms with Crippen LogP contribution in [0.2, 0.25) is 0 Å². The number of nitrogens with one attached hydrogen (secondary N) is 1. The molecule has 0 atom stereocenters. The van der Waals surface area contributed by atoms with Crippen molar-refractivity contribution in [3.05, 3.63) is 72.9 Å². The number of fused-ring (bicyclic) bond motifs is 2. The first-order valence-corrected chi connectivity index (χ1v) is 10.6. The van der Waals surface area contributed by atoms with Crippen LogP contribution in [0, 0.1) is 0 Å².